The van der Waals surface area contributed by atoms with E-state index in [4.69, 9.17) is 0 Å². The number of hydrogen-bond donors (Lipinski definition) is 1. The van der Waals surface area contributed by atoms with E-state index in [1.165, 1.54) is 18.6 Å². The number of amides is 2. The maximum absolute atomic E-state index is 12.8. The van der Waals surface area contributed by atoms with Crippen molar-refractivity contribution >= 4 is 11.8 Å². The lowest BCUT2D eigenvalue weighted by Gasteiger charge is -2.23. The summed E-state index contributed by atoms with van der Waals surface area (Å²) < 4.78 is 0. The molecule has 0 aliphatic rings. The highest BCUT2D eigenvalue weighted by Gasteiger charge is 2.19. The van der Waals surface area contributed by atoms with E-state index in [1.807, 2.05) is 37.3 Å². The number of carbonyl (C=O) groups excluding carboxylic acids is 2. The topological polar surface area (TPSA) is 75.2 Å². The highest BCUT2D eigenvalue weighted by Crippen LogP contribution is 2.07. The first kappa shape index (κ1) is 20.6. The Kier molecular flexibility index (Phi) is 7.92. The van der Waals surface area contributed by atoms with E-state index in [0.29, 0.717) is 24.7 Å². The lowest BCUT2D eigenvalue weighted by molar-refractivity contribution is -0.122. The minimum atomic E-state index is -0.205. The lowest BCUT2D eigenvalue weighted by atomic mass is 10.1. The maximum atomic E-state index is 12.8. The second-order valence-corrected chi connectivity index (χ2v) is 6.97. The smallest absolute Gasteiger partial charge is 0.274 e. The molecule has 2 aromatic rings. The third-order valence-electron chi connectivity index (χ3n) is 4.58. The zero-order valence-corrected chi connectivity index (χ0v) is 16.3. The quantitative estimate of drug-likeness (QED) is 0.738. The van der Waals surface area contributed by atoms with E-state index in [-0.39, 0.29) is 24.3 Å². The minimum Gasteiger partial charge on any atom is -0.353 e. The number of carbonyl (C=O) groups is 2. The van der Waals surface area contributed by atoms with Crippen molar-refractivity contribution in [2.24, 2.45) is 5.92 Å². The van der Waals surface area contributed by atoms with E-state index < -0.39 is 0 Å². The summed E-state index contributed by atoms with van der Waals surface area (Å²) >= 11 is 0. The molecule has 6 heteroatoms. The van der Waals surface area contributed by atoms with Gasteiger partial charge in [-0.25, -0.2) is 4.98 Å². The van der Waals surface area contributed by atoms with Gasteiger partial charge in [0.1, 0.15) is 5.69 Å². The molecule has 144 valence electrons. The van der Waals surface area contributed by atoms with Crippen LogP contribution in [0.1, 0.15) is 43.2 Å². The first-order chi connectivity index (χ1) is 13.0. The third kappa shape index (κ3) is 6.81. The second-order valence-electron chi connectivity index (χ2n) is 6.97. The Labute approximate surface area is 161 Å². The predicted molar refractivity (Wildman–Crippen MR) is 105 cm³/mol. The molecular weight excluding hydrogens is 340 g/mol. The zero-order valence-electron chi connectivity index (χ0n) is 16.3. The van der Waals surface area contributed by atoms with Gasteiger partial charge in [-0.15, -0.1) is 0 Å². The van der Waals surface area contributed by atoms with Gasteiger partial charge in [-0.3, -0.25) is 14.6 Å². The van der Waals surface area contributed by atoms with Crippen LogP contribution in [0.25, 0.3) is 0 Å². The second kappa shape index (κ2) is 10.4. The number of nitrogens with zero attached hydrogens (tertiary/aromatic N) is 3. The van der Waals surface area contributed by atoms with Gasteiger partial charge >= 0.3 is 0 Å². The van der Waals surface area contributed by atoms with Gasteiger partial charge in [-0.1, -0.05) is 44.2 Å². The minimum absolute atomic E-state index is 0.0483. The van der Waals surface area contributed by atoms with Gasteiger partial charge in [-0.2, -0.15) is 0 Å². The van der Waals surface area contributed by atoms with Crippen molar-refractivity contribution in [3.8, 4) is 0 Å². The van der Waals surface area contributed by atoms with Crippen LogP contribution in [-0.2, 0) is 11.2 Å². The van der Waals surface area contributed by atoms with E-state index in [0.717, 1.165) is 12.0 Å². The molecule has 6 nitrogen and oxygen atoms in total. The summed E-state index contributed by atoms with van der Waals surface area (Å²) in [5.41, 5.74) is 1.44. The van der Waals surface area contributed by atoms with Crippen LogP contribution in [0, 0.1) is 5.92 Å². The molecule has 1 atom stereocenters. The van der Waals surface area contributed by atoms with Crippen molar-refractivity contribution in [3.63, 3.8) is 0 Å². The SMILES string of the molecule is CC(C)[C@H](C)NC(=O)CCN(CCc1ccccc1)C(=O)c1cnccn1. The fraction of sp³-hybridized carbons (Fsp3) is 0.429. The Balaban J connectivity index is 2.00. The third-order valence-corrected chi connectivity index (χ3v) is 4.58. The summed E-state index contributed by atoms with van der Waals surface area (Å²) in [5, 5.41) is 2.98. The van der Waals surface area contributed by atoms with Crippen LogP contribution >= 0.6 is 0 Å². The van der Waals surface area contributed by atoms with Crippen molar-refractivity contribution in [1.82, 2.24) is 20.2 Å². The molecule has 1 N–H and O–H groups in total. The molecule has 0 aliphatic heterocycles. The molecule has 27 heavy (non-hydrogen) atoms. The standard InChI is InChI=1S/C21H28N4O2/c1-16(2)17(3)24-20(26)10-14-25(13-9-18-7-5-4-6-8-18)21(27)19-15-22-11-12-23-19/h4-8,11-12,15-17H,9-10,13-14H2,1-3H3,(H,24,26)/t17-/m0/s1. The van der Waals surface area contributed by atoms with Gasteiger partial charge in [0.2, 0.25) is 5.91 Å². The highest BCUT2D eigenvalue weighted by atomic mass is 16.2. The number of benzene rings is 1. The Morgan fingerprint density at radius 2 is 1.81 bits per heavy atom. The molecule has 2 amide bonds. The summed E-state index contributed by atoms with van der Waals surface area (Å²) in [6.07, 6.45) is 5.47. The monoisotopic (exact) mass is 368 g/mol. The van der Waals surface area contributed by atoms with Crippen LogP contribution in [-0.4, -0.2) is 45.8 Å². The molecule has 1 heterocycles. The van der Waals surface area contributed by atoms with Crippen molar-refractivity contribution < 1.29 is 9.59 Å². The predicted octanol–water partition coefficient (Wildman–Crippen LogP) is 2.71. The first-order valence-corrected chi connectivity index (χ1v) is 9.36. The normalized spacial score (nSPS) is 11.9. The van der Waals surface area contributed by atoms with E-state index >= 15 is 0 Å². The molecule has 2 rings (SSSR count). The fourth-order valence-electron chi connectivity index (χ4n) is 2.52. The Hall–Kier alpha value is -2.76. The van der Waals surface area contributed by atoms with Gasteiger partial charge in [-0.05, 0) is 24.8 Å². The average molecular weight is 368 g/mol. The van der Waals surface area contributed by atoms with Gasteiger partial charge < -0.3 is 10.2 Å². The highest BCUT2D eigenvalue weighted by molar-refractivity contribution is 5.92. The Bertz CT molecular complexity index is 719. The fourth-order valence-corrected chi connectivity index (χ4v) is 2.52. The van der Waals surface area contributed by atoms with Gasteiger partial charge in [0.05, 0.1) is 6.20 Å². The average Bonchev–Trinajstić information content (AvgIpc) is 2.69. The summed E-state index contributed by atoms with van der Waals surface area (Å²) in [5.74, 6) is 0.112. The van der Waals surface area contributed by atoms with Crippen molar-refractivity contribution in [1.29, 1.82) is 0 Å². The Morgan fingerprint density at radius 3 is 2.44 bits per heavy atom. The van der Waals surface area contributed by atoms with Crippen LogP contribution in [0.5, 0.6) is 0 Å². The van der Waals surface area contributed by atoms with Gasteiger partial charge in [0, 0.05) is 37.9 Å². The molecule has 0 bridgehead atoms. The van der Waals surface area contributed by atoms with Crippen molar-refractivity contribution in [3.05, 3.63) is 60.2 Å². The van der Waals surface area contributed by atoms with Gasteiger partial charge in [0.15, 0.2) is 0 Å². The summed E-state index contributed by atoms with van der Waals surface area (Å²) in [4.78, 5) is 34.8. The molecule has 1 aromatic heterocycles. The molecule has 0 fully saturated rings. The molecule has 0 saturated heterocycles. The van der Waals surface area contributed by atoms with E-state index in [9.17, 15) is 9.59 Å². The molecule has 0 radical (unpaired) electrons. The number of hydrogen-bond acceptors (Lipinski definition) is 4. The first-order valence-electron chi connectivity index (χ1n) is 9.36. The summed E-state index contributed by atoms with van der Waals surface area (Å²) in [7, 11) is 0. The van der Waals surface area contributed by atoms with Gasteiger partial charge in [0.25, 0.3) is 5.91 Å². The van der Waals surface area contributed by atoms with Crippen LogP contribution in [0.4, 0.5) is 0 Å². The van der Waals surface area contributed by atoms with Crippen molar-refractivity contribution in [2.45, 2.75) is 39.7 Å². The zero-order chi connectivity index (χ0) is 19.6. The molecular formula is C21H28N4O2. The van der Waals surface area contributed by atoms with Crippen LogP contribution < -0.4 is 5.32 Å². The largest absolute Gasteiger partial charge is 0.353 e. The molecule has 0 unspecified atom stereocenters. The number of aromatic nitrogens is 2. The van der Waals surface area contributed by atoms with Crippen LogP contribution in [0.2, 0.25) is 0 Å². The van der Waals surface area contributed by atoms with E-state index in [2.05, 4.69) is 29.1 Å². The lowest BCUT2D eigenvalue weighted by Crippen LogP contribution is -2.40. The molecule has 0 saturated carbocycles. The maximum Gasteiger partial charge on any atom is 0.274 e. The van der Waals surface area contributed by atoms with Crippen LogP contribution in [0.15, 0.2) is 48.9 Å². The van der Waals surface area contributed by atoms with Crippen molar-refractivity contribution in [2.75, 3.05) is 13.1 Å². The number of rotatable bonds is 9. The van der Waals surface area contributed by atoms with Crippen LogP contribution in [0.3, 0.4) is 0 Å². The number of nitrogens with one attached hydrogen (secondary N) is 1. The Morgan fingerprint density at radius 1 is 1.07 bits per heavy atom. The van der Waals surface area contributed by atoms with E-state index in [1.54, 1.807) is 4.90 Å². The summed E-state index contributed by atoms with van der Waals surface area (Å²) in [6.45, 7) is 6.98. The molecule has 0 spiro atoms. The molecule has 1 aromatic carbocycles. The summed E-state index contributed by atoms with van der Waals surface area (Å²) in [6, 6.07) is 10.1. The molecule has 0 aliphatic carbocycles.